The lowest BCUT2D eigenvalue weighted by molar-refractivity contribution is -0.143. The van der Waals surface area contributed by atoms with Crippen LogP contribution >= 0.6 is 0 Å². The molecule has 11 nitrogen and oxygen atoms in total. The molecule has 1 saturated heterocycles. The third-order valence-electron chi connectivity index (χ3n) is 5.19. The molecule has 1 fully saturated rings. The Morgan fingerprint density at radius 3 is 2.57 bits per heavy atom. The van der Waals surface area contributed by atoms with Gasteiger partial charge in [-0.3, -0.25) is 14.4 Å². The lowest BCUT2D eigenvalue weighted by Gasteiger charge is -2.29. The summed E-state index contributed by atoms with van der Waals surface area (Å²) in [4.78, 5) is 57.2. The maximum atomic E-state index is 12.7. The fourth-order valence-corrected chi connectivity index (χ4v) is 3.27. The highest BCUT2D eigenvalue weighted by Gasteiger charge is 2.37. The van der Waals surface area contributed by atoms with Crippen LogP contribution in [0.15, 0.2) is 12.5 Å². The molecule has 4 atom stereocenters. The number of rotatable bonds is 9. The summed E-state index contributed by atoms with van der Waals surface area (Å²) in [6.45, 7) is 5.57. The van der Waals surface area contributed by atoms with Crippen LogP contribution in [-0.2, 0) is 25.6 Å². The second-order valence-corrected chi connectivity index (χ2v) is 7.87. The largest absolute Gasteiger partial charge is 0.480 e. The molecule has 0 radical (unpaired) electrons. The number of imidazole rings is 1. The number of nitrogens with one attached hydrogen (secondary N) is 3. The van der Waals surface area contributed by atoms with Crippen LogP contribution in [0.3, 0.4) is 0 Å². The first-order chi connectivity index (χ1) is 14.1. The summed E-state index contributed by atoms with van der Waals surface area (Å²) in [5.74, 6) is -2.64. The van der Waals surface area contributed by atoms with Gasteiger partial charge >= 0.3 is 5.97 Å². The van der Waals surface area contributed by atoms with E-state index in [-0.39, 0.29) is 18.2 Å². The minimum atomic E-state index is -1.20. The molecule has 4 unspecified atom stereocenters. The van der Waals surface area contributed by atoms with Crippen LogP contribution < -0.4 is 16.4 Å². The predicted octanol–water partition coefficient (Wildman–Crippen LogP) is -0.999. The van der Waals surface area contributed by atoms with Crippen LogP contribution in [0.1, 0.15) is 39.3 Å². The maximum Gasteiger partial charge on any atom is 0.326 e. The Morgan fingerprint density at radius 1 is 1.30 bits per heavy atom. The van der Waals surface area contributed by atoms with E-state index in [1.807, 2.05) is 13.8 Å². The average molecular weight is 422 g/mol. The van der Waals surface area contributed by atoms with Gasteiger partial charge in [-0.05, 0) is 25.7 Å². The Balaban J connectivity index is 1.95. The summed E-state index contributed by atoms with van der Waals surface area (Å²) in [6, 6.07) is -3.54. The summed E-state index contributed by atoms with van der Waals surface area (Å²) in [7, 11) is 0. The molecule has 11 heteroatoms. The Hall–Kier alpha value is -2.95. The van der Waals surface area contributed by atoms with E-state index in [0.717, 1.165) is 0 Å². The van der Waals surface area contributed by atoms with E-state index >= 15 is 0 Å². The van der Waals surface area contributed by atoms with Gasteiger partial charge in [-0.15, -0.1) is 0 Å². The first kappa shape index (κ1) is 23.3. The molecule has 0 spiro atoms. The molecule has 2 rings (SSSR count). The number of aliphatic carboxylic acids is 1. The molecule has 0 saturated carbocycles. The Kier molecular flexibility index (Phi) is 7.93. The van der Waals surface area contributed by atoms with Gasteiger partial charge in [-0.25, -0.2) is 9.78 Å². The minimum Gasteiger partial charge on any atom is -0.480 e. The minimum absolute atomic E-state index is 0.0275. The van der Waals surface area contributed by atoms with Gasteiger partial charge in [-0.2, -0.15) is 0 Å². The number of aromatic amines is 1. The molecular formula is C19H30N6O5. The van der Waals surface area contributed by atoms with Crippen LogP contribution in [0.25, 0.3) is 0 Å². The number of hydrogen-bond donors (Lipinski definition) is 5. The van der Waals surface area contributed by atoms with Gasteiger partial charge in [0.1, 0.15) is 18.1 Å². The lowest BCUT2D eigenvalue weighted by atomic mass is 10.0. The molecule has 6 N–H and O–H groups in total. The highest BCUT2D eigenvalue weighted by atomic mass is 16.4. The van der Waals surface area contributed by atoms with Crippen molar-refractivity contribution in [3.8, 4) is 0 Å². The summed E-state index contributed by atoms with van der Waals surface area (Å²) >= 11 is 0. The molecule has 1 aromatic heterocycles. The Bertz CT molecular complexity index is 765. The molecule has 166 valence electrons. The van der Waals surface area contributed by atoms with E-state index in [0.29, 0.717) is 25.1 Å². The highest BCUT2D eigenvalue weighted by Crippen LogP contribution is 2.20. The lowest BCUT2D eigenvalue weighted by Crippen LogP contribution is -2.56. The third-order valence-corrected chi connectivity index (χ3v) is 5.19. The highest BCUT2D eigenvalue weighted by molar-refractivity contribution is 5.94. The van der Waals surface area contributed by atoms with E-state index in [1.165, 1.54) is 24.3 Å². The SMILES string of the molecule is CC(NC(=O)C1CCCN1C(=O)C(N)C(C)C)C(=O)NC(Cc1cnc[nH]1)C(=O)O. The van der Waals surface area contributed by atoms with E-state index in [9.17, 15) is 24.3 Å². The predicted molar refractivity (Wildman–Crippen MR) is 107 cm³/mol. The van der Waals surface area contributed by atoms with Gasteiger partial charge < -0.3 is 31.4 Å². The van der Waals surface area contributed by atoms with Crippen molar-refractivity contribution < 1.29 is 24.3 Å². The van der Waals surface area contributed by atoms with Gasteiger partial charge in [0, 0.05) is 24.9 Å². The second-order valence-electron chi connectivity index (χ2n) is 7.87. The van der Waals surface area contributed by atoms with E-state index in [1.54, 1.807) is 0 Å². The molecule has 0 bridgehead atoms. The number of carbonyl (C=O) groups is 4. The van der Waals surface area contributed by atoms with Crippen molar-refractivity contribution in [3.63, 3.8) is 0 Å². The smallest absolute Gasteiger partial charge is 0.326 e. The van der Waals surface area contributed by atoms with Crippen molar-refractivity contribution in [1.82, 2.24) is 25.5 Å². The number of carbonyl (C=O) groups excluding carboxylic acids is 3. The third kappa shape index (κ3) is 5.78. The van der Waals surface area contributed by atoms with Crippen molar-refractivity contribution in [3.05, 3.63) is 18.2 Å². The topological polar surface area (TPSA) is 171 Å². The van der Waals surface area contributed by atoms with Crippen molar-refractivity contribution in [1.29, 1.82) is 0 Å². The van der Waals surface area contributed by atoms with E-state index in [2.05, 4.69) is 20.6 Å². The Labute approximate surface area is 174 Å². The summed E-state index contributed by atoms with van der Waals surface area (Å²) in [5, 5.41) is 14.4. The van der Waals surface area contributed by atoms with Gasteiger partial charge in [0.15, 0.2) is 0 Å². The second kappa shape index (κ2) is 10.2. The first-order valence-corrected chi connectivity index (χ1v) is 9.98. The number of amides is 3. The average Bonchev–Trinajstić information content (AvgIpc) is 3.37. The Morgan fingerprint density at radius 2 is 2.00 bits per heavy atom. The molecule has 2 heterocycles. The maximum absolute atomic E-state index is 12.7. The van der Waals surface area contributed by atoms with Crippen molar-refractivity contribution >= 4 is 23.7 Å². The summed E-state index contributed by atoms with van der Waals surface area (Å²) in [5.41, 5.74) is 6.50. The molecule has 1 aromatic rings. The van der Waals surface area contributed by atoms with Gasteiger partial charge in [0.2, 0.25) is 17.7 Å². The molecule has 3 amide bonds. The van der Waals surface area contributed by atoms with Crippen LogP contribution in [-0.4, -0.2) is 74.4 Å². The molecule has 1 aliphatic rings. The molecule has 0 aromatic carbocycles. The number of likely N-dealkylation sites (tertiary alicyclic amines) is 1. The monoisotopic (exact) mass is 422 g/mol. The zero-order valence-electron chi connectivity index (χ0n) is 17.4. The van der Waals surface area contributed by atoms with Gasteiger partial charge in [0.25, 0.3) is 0 Å². The van der Waals surface area contributed by atoms with Crippen molar-refractivity contribution in [2.45, 2.75) is 64.2 Å². The number of nitrogens with two attached hydrogens (primary N) is 1. The van der Waals surface area contributed by atoms with E-state index < -0.39 is 42.0 Å². The van der Waals surface area contributed by atoms with Crippen molar-refractivity contribution in [2.75, 3.05) is 6.54 Å². The van der Waals surface area contributed by atoms with Crippen LogP contribution in [0.4, 0.5) is 0 Å². The fraction of sp³-hybridized carbons (Fsp3) is 0.632. The summed E-state index contributed by atoms with van der Waals surface area (Å²) in [6.07, 6.45) is 4.06. The summed E-state index contributed by atoms with van der Waals surface area (Å²) < 4.78 is 0. The zero-order chi connectivity index (χ0) is 22.4. The van der Waals surface area contributed by atoms with Crippen LogP contribution in [0.2, 0.25) is 0 Å². The number of carboxylic acids is 1. The molecule has 0 aliphatic carbocycles. The number of H-pyrrole nitrogens is 1. The number of nitrogens with zero attached hydrogens (tertiary/aromatic N) is 2. The van der Waals surface area contributed by atoms with Gasteiger partial charge in [-0.1, -0.05) is 13.8 Å². The van der Waals surface area contributed by atoms with Crippen LogP contribution in [0.5, 0.6) is 0 Å². The van der Waals surface area contributed by atoms with E-state index in [4.69, 9.17) is 5.73 Å². The standard InChI is InChI=1S/C19H30N6O5/c1-10(2)15(20)18(28)25-6-4-5-14(25)17(27)23-11(3)16(26)24-13(19(29)30)7-12-8-21-9-22-12/h8-11,13-15H,4-7,20H2,1-3H3,(H,21,22)(H,23,27)(H,24,26)(H,29,30). The van der Waals surface area contributed by atoms with Crippen LogP contribution in [0, 0.1) is 5.92 Å². The quantitative estimate of drug-likeness (QED) is 0.340. The first-order valence-electron chi connectivity index (χ1n) is 9.98. The zero-order valence-corrected chi connectivity index (χ0v) is 17.4. The molecular weight excluding hydrogens is 392 g/mol. The number of aromatic nitrogens is 2. The number of hydrogen-bond acceptors (Lipinski definition) is 6. The molecule has 1 aliphatic heterocycles. The van der Waals surface area contributed by atoms with Gasteiger partial charge in [0.05, 0.1) is 12.4 Å². The number of carboxylic acid groups (broad SMARTS) is 1. The van der Waals surface area contributed by atoms with Crippen molar-refractivity contribution in [2.24, 2.45) is 11.7 Å². The fourth-order valence-electron chi connectivity index (χ4n) is 3.27. The molecule has 30 heavy (non-hydrogen) atoms. The normalized spacial score (nSPS) is 19.2.